The van der Waals surface area contributed by atoms with Gasteiger partial charge >= 0.3 is 47.8 Å². The molecule has 3 aromatic carbocycles. The Kier molecular flexibility index (Phi) is 28.3. The molecule has 3 aromatic rings. The second kappa shape index (κ2) is 31.2. The summed E-state index contributed by atoms with van der Waals surface area (Å²) in [5.41, 5.74) is 1.67. The fourth-order valence-electron chi connectivity index (χ4n) is 8.40. The molecule has 0 saturated carbocycles. The number of aliphatic hydroxyl groups excluding tert-OH is 2. The molecule has 73 heavy (non-hydrogen) atoms. The Morgan fingerprint density at radius 3 is 1.15 bits per heavy atom. The van der Waals surface area contributed by atoms with E-state index in [1.54, 1.807) is 14.7 Å². The first-order chi connectivity index (χ1) is 33.2. The van der Waals surface area contributed by atoms with Crippen LogP contribution in [0, 0.1) is 0 Å². The van der Waals surface area contributed by atoms with Gasteiger partial charge in [-0.25, -0.2) is 14.4 Å². The minimum absolute atomic E-state index is 0. The second-order valence-electron chi connectivity index (χ2n) is 21.6. The minimum Gasteiger partial charge on any atom is -1.00 e. The van der Waals surface area contributed by atoms with Crippen LogP contribution in [0.3, 0.4) is 0 Å². The Labute approximate surface area is 475 Å². The number of rotatable bonds is 6. The van der Waals surface area contributed by atoms with E-state index in [4.69, 9.17) is 53.8 Å². The zero-order valence-corrected chi connectivity index (χ0v) is 49.1. The molecule has 3 radical (unpaired) electrons. The number of halogens is 3. The topological polar surface area (TPSA) is 155 Å². The average Bonchev–Trinajstić information content (AvgIpc) is 3.86. The predicted octanol–water partition coefficient (Wildman–Crippen LogP) is 8.67. The van der Waals surface area contributed by atoms with Crippen molar-refractivity contribution in [3.8, 4) is 0 Å². The number of ether oxygens (including phenoxy) is 4. The Balaban J connectivity index is 0.000000518. The van der Waals surface area contributed by atoms with Crippen LogP contribution in [0.1, 0.15) is 132 Å². The molecular weight excluding hydrogens is 1000 g/mol. The van der Waals surface area contributed by atoms with Crippen LogP contribution in [0.15, 0.2) is 72.8 Å². The maximum absolute atomic E-state index is 12.4. The van der Waals surface area contributed by atoms with Crippen molar-refractivity contribution in [3.63, 3.8) is 0 Å². The van der Waals surface area contributed by atoms with Crippen LogP contribution < -0.4 is 29.6 Å². The summed E-state index contributed by atoms with van der Waals surface area (Å²) in [5, 5.41) is 21.9. The van der Waals surface area contributed by atoms with Crippen LogP contribution in [0.4, 0.5) is 14.4 Å². The van der Waals surface area contributed by atoms with Gasteiger partial charge in [-0.15, -0.1) is 0 Å². The van der Waals surface area contributed by atoms with E-state index in [0.717, 1.165) is 29.9 Å². The normalized spacial score (nSPS) is 21.0. The molecule has 5 atom stereocenters. The van der Waals surface area contributed by atoms with E-state index < -0.39 is 16.8 Å². The van der Waals surface area contributed by atoms with Crippen molar-refractivity contribution >= 4 is 67.3 Å². The Bertz CT molecular complexity index is 2040. The van der Waals surface area contributed by atoms with Crippen molar-refractivity contribution in [2.24, 2.45) is 0 Å². The monoisotopic (exact) mass is 1080 g/mol. The average molecular weight is 1080 g/mol. The van der Waals surface area contributed by atoms with Crippen molar-refractivity contribution in [1.82, 2.24) is 14.7 Å². The fraction of sp³-hybridized carbons (Fsp3) is 0.600. The van der Waals surface area contributed by atoms with Crippen LogP contribution >= 0.6 is 34.8 Å². The first-order valence-electron chi connectivity index (χ1n) is 24.9. The SMILES string of the molecule is C1CCOC1.CC(C)(C)OC(=O)N1CCC(=O)C[C@@H]1Cc1ccc(Cl)cc1.CC(C)(C)OC(=O)N1CC[C@@H](O)C[C@@H]1Cc1ccc(Cl)cc1.CC(C)(C)OC(=O)N1CC[C@H](O)C[C@@H]1Cc1ccc(Cl)cc1.[B].[H-].[Na+]. The molecule has 0 unspecified atom stereocenters. The summed E-state index contributed by atoms with van der Waals surface area (Å²) < 4.78 is 21.4. The molecule has 0 bridgehead atoms. The van der Waals surface area contributed by atoms with Crippen LogP contribution in [-0.2, 0) is 43.0 Å². The number of nitrogens with zero attached hydrogens (tertiary/aromatic N) is 3. The van der Waals surface area contributed by atoms with E-state index >= 15 is 0 Å². The predicted molar refractivity (Wildman–Crippen MR) is 287 cm³/mol. The molecule has 7 rings (SSSR count). The Morgan fingerprint density at radius 2 is 0.863 bits per heavy atom. The van der Waals surface area contributed by atoms with Gasteiger partial charge in [-0.1, -0.05) is 71.2 Å². The maximum Gasteiger partial charge on any atom is 1.00 e. The number of amides is 3. The maximum atomic E-state index is 12.4. The van der Waals surface area contributed by atoms with E-state index in [1.807, 2.05) is 135 Å². The van der Waals surface area contributed by atoms with Gasteiger partial charge in [0.2, 0.25) is 0 Å². The zero-order chi connectivity index (χ0) is 52.5. The smallest absolute Gasteiger partial charge is 1.00 e. The third-order valence-electron chi connectivity index (χ3n) is 11.8. The molecule has 4 heterocycles. The standard InChI is InChI=1S/2C17H24ClNO3.C17H22ClNO3.C4H8O.B.Na.H/c3*1-17(2,3)22-16(21)19-9-8-15(20)11-14(19)10-12-4-6-13(18)7-5-12;1-2-4-5-3-1;;;/h2*4-7,14-15,20H,8-11H2,1-3H3;4-7,14H,8-11H2,1-3H3;1-4H2;;;/q;;;;;+1;-1/t14-,15+;14-,15-;14-;;;;/m000..../s1. The van der Waals surface area contributed by atoms with Crippen molar-refractivity contribution < 1.29 is 79.3 Å². The third kappa shape index (κ3) is 25.6. The number of carbonyl (C=O) groups is 4. The summed E-state index contributed by atoms with van der Waals surface area (Å²) in [4.78, 5) is 54.0. The number of carbonyl (C=O) groups excluding carboxylic acids is 4. The number of piperidine rings is 3. The van der Waals surface area contributed by atoms with Gasteiger partial charge in [-0.3, -0.25) is 4.79 Å². The second-order valence-corrected chi connectivity index (χ2v) is 23.0. The number of hydrogen-bond donors (Lipinski definition) is 2. The third-order valence-corrected chi connectivity index (χ3v) is 12.5. The Morgan fingerprint density at radius 1 is 0.562 bits per heavy atom. The van der Waals surface area contributed by atoms with Crippen LogP contribution in [0.25, 0.3) is 0 Å². The molecule has 4 fully saturated rings. The van der Waals surface area contributed by atoms with Crippen molar-refractivity contribution in [2.45, 2.75) is 180 Å². The van der Waals surface area contributed by atoms with E-state index in [2.05, 4.69) is 0 Å². The fourth-order valence-corrected chi connectivity index (χ4v) is 8.78. The molecule has 399 valence electrons. The number of Topliss-reactive ketones (excluding diaryl/α,β-unsaturated/α-hetero) is 1. The largest absolute Gasteiger partial charge is 1.00 e. The van der Waals surface area contributed by atoms with E-state index in [9.17, 15) is 29.4 Å². The molecule has 3 amide bonds. The summed E-state index contributed by atoms with van der Waals surface area (Å²) in [5.74, 6) is 0.193. The summed E-state index contributed by atoms with van der Waals surface area (Å²) >= 11 is 17.7. The summed E-state index contributed by atoms with van der Waals surface area (Å²) in [6.45, 7) is 20.1. The quantitative estimate of drug-likeness (QED) is 0.181. The molecule has 2 N–H and O–H groups in total. The molecule has 4 aliphatic heterocycles. The summed E-state index contributed by atoms with van der Waals surface area (Å²) in [7, 11) is 0. The molecule has 0 aliphatic carbocycles. The van der Waals surface area contributed by atoms with Gasteiger partial charge in [-0.05, 0) is 173 Å². The van der Waals surface area contributed by atoms with Gasteiger partial charge < -0.3 is 45.3 Å². The van der Waals surface area contributed by atoms with Gasteiger partial charge in [0, 0.05) is 87.3 Å². The van der Waals surface area contributed by atoms with Gasteiger partial charge in [0.1, 0.15) is 22.6 Å². The van der Waals surface area contributed by atoms with E-state index in [1.165, 1.54) is 12.8 Å². The molecule has 0 aromatic heterocycles. The van der Waals surface area contributed by atoms with Gasteiger partial charge in [-0.2, -0.15) is 0 Å². The Hall–Kier alpha value is -3.05. The van der Waals surface area contributed by atoms with Crippen LogP contribution in [0.5, 0.6) is 0 Å². The van der Waals surface area contributed by atoms with E-state index in [-0.39, 0.29) is 93.8 Å². The van der Waals surface area contributed by atoms with Gasteiger partial charge in [0.15, 0.2) is 0 Å². The van der Waals surface area contributed by atoms with Crippen LogP contribution in [0.2, 0.25) is 15.1 Å². The number of likely N-dealkylation sites (tertiary alicyclic amines) is 3. The van der Waals surface area contributed by atoms with Gasteiger partial charge in [0.05, 0.1) is 12.2 Å². The first kappa shape index (κ1) is 66.1. The zero-order valence-electron chi connectivity index (χ0n) is 45.8. The molecule has 4 aliphatic rings. The number of ketones is 1. The van der Waals surface area contributed by atoms with Crippen LogP contribution in [-0.4, -0.2) is 137 Å². The minimum atomic E-state index is -0.538. The number of aliphatic hydroxyl groups is 2. The number of hydrogen-bond acceptors (Lipinski definition) is 10. The first-order valence-corrected chi connectivity index (χ1v) is 26.0. The van der Waals surface area contributed by atoms with Crippen molar-refractivity contribution in [1.29, 1.82) is 0 Å². The summed E-state index contributed by atoms with van der Waals surface area (Å²) in [6.07, 6.45) is 5.97. The van der Waals surface area contributed by atoms with Crippen molar-refractivity contribution in [3.05, 3.63) is 105 Å². The van der Waals surface area contributed by atoms with E-state index in [0.29, 0.717) is 92.5 Å². The molecule has 4 saturated heterocycles. The molecular formula is C55H79BCl3N3NaO10. The van der Waals surface area contributed by atoms with Gasteiger partial charge in [0.25, 0.3) is 0 Å². The molecule has 13 nitrogen and oxygen atoms in total. The van der Waals surface area contributed by atoms with Crippen molar-refractivity contribution in [2.75, 3.05) is 32.8 Å². The molecule has 18 heteroatoms. The number of benzene rings is 3. The summed E-state index contributed by atoms with van der Waals surface area (Å²) in [6, 6.07) is 22.4. The molecule has 0 spiro atoms.